The molecular formula is C11H19NO2S. The summed E-state index contributed by atoms with van der Waals surface area (Å²) in [4.78, 5) is 0. The van der Waals surface area contributed by atoms with Crippen LogP contribution in [0.1, 0.15) is 18.5 Å². The Morgan fingerprint density at radius 1 is 1.47 bits per heavy atom. The van der Waals surface area contributed by atoms with Gasteiger partial charge in [-0.1, -0.05) is 6.92 Å². The molecule has 15 heavy (non-hydrogen) atoms. The Hall–Kier alpha value is -0.420. The minimum absolute atomic E-state index is 0.304. The molecule has 0 aromatic carbocycles. The van der Waals surface area contributed by atoms with Gasteiger partial charge in [-0.15, -0.1) is 0 Å². The third-order valence-corrected chi connectivity index (χ3v) is 2.81. The van der Waals surface area contributed by atoms with Gasteiger partial charge in [-0.25, -0.2) is 0 Å². The molecule has 0 radical (unpaired) electrons. The quantitative estimate of drug-likeness (QED) is 0.692. The highest BCUT2D eigenvalue weighted by Crippen LogP contribution is 2.16. The molecule has 1 heterocycles. The summed E-state index contributed by atoms with van der Waals surface area (Å²) in [6.45, 7) is 5.07. The normalized spacial score (nSPS) is 12.9. The Labute approximate surface area is 95.4 Å². The average molecular weight is 229 g/mol. The number of methoxy groups -OCH3 is 1. The summed E-state index contributed by atoms with van der Waals surface area (Å²) < 4.78 is 10.5. The number of nitrogens with one attached hydrogen (secondary N) is 1. The van der Waals surface area contributed by atoms with Crippen LogP contribution in [-0.4, -0.2) is 33.5 Å². The van der Waals surface area contributed by atoms with Crippen LogP contribution in [0.4, 0.5) is 0 Å². The van der Waals surface area contributed by atoms with Gasteiger partial charge < -0.3 is 14.8 Å². The number of ether oxygens (including phenoxy) is 2. The molecule has 0 bridgehead atoms. The molecule has 0 fully saturated rings. The number of rotatable bonds is 8. The molecule has 0 amide bonds. The first-order valence-corrected chi connectivity index (χ1v) is 6.15. The zero-order valence-corrected chi connectivity index (χ0v) is 10.2. The topological polar surface area (TPSA) is 30.5 Å². The van der Waals surface area contributed by atoms with Crippen LogP contribution in [0.2, 0.25) is 0 Å². The highest BCUT2D eigenvalue weighted by Gasteiger charge is 2.10. The highest BCUT2D eigenvalue weighted by molar-refractivity contribution is 7.07. The third kappa shape index (κ3) is 4.75. The third-order valence-electron chi connectivity index (χ3n) is 2.11. The minimum atomic E-state index is 0.304. The van der Waals surface area contributed by atoms with Crippen LogP contribution in [0.5, 0.6) is 0 Å². The van der Waals surface area contributed by atoms with Crippen LogP contribution >= 0.6 is 11.3 Å². The molecule has 3 nitrogen and oxygen atoms in total. The smallest absolute Gasteiger partial charge is 0.0701 e. The SMILES string of the molecule is CCNC(COCCOC)c1ccsc1. The van der Waals surface area contributed by atoms with E-state index >= 15 is 0 Å². The molecule has 1 aromatic rings. The van der Waals surface area contributed by atoms with Gasteiger partial charge in [0.1, 0.15) is 0 Å². The Balaban J connectivity index is 2.31. The van der Waals surface area contributed by atoms with Crippen molar-refractivity contribution in [2.75, 3.05) is 33.5 Å². The molecule has 1 rings (SSSR count). The van der Waals surface area contributed by atoms with E-state index in [0.29, 0.717) is 25.9 Å². The average Bonchev–Trinajstić information content (AvgIpc) is 2.76. The largest absolute Gasteiger partial charge is 0.382 e. The van der Waals surface area contributed by atoms with E-state index in [-0.39, 0.29) is 0 Å². The van der Waals surface area contributed by atoms with E-state index in [1.54, 1.807) is 18.4 Å². The summed E-state index contributed by atoms with van der Waals surface area (Å²) in [5.74, 6) is 0. The van der Waals surface area contributed by atoms with Gasteiger partial charge in [0.05, 0.1) is 25.9 Å². The zero-order chi connectivity index (χ0) is 10.9. The van der Waals surface area contributed by atoms with Crippen molar-refractivity contribution < 1.29 is 9.47 Å². The zero-order valence-electron chi connectivity index (χ0n) is 9.36. The number of hydrogen-bond acceptors (Lipinski definition) is 4. The molecule has 0 saturated carbocycles. The monoisotopic (exact) mass is 229 g/mol. The van der Waals surface area contributed by atoms with E-state index < -0.39 is 0 Å². The van der Waals surface area contributed by atoms with E-state index in [1.807, 2.05) is 0 Å². The van der Waals surface area contributed by atoms with Crippen LogP contribution in [0.25, 0.3) is 0 Å². The molecule has 0 aliphatic heterocycles. The van der Waals surface area contributed by atoms with E-state index in [4.69, 9.17) is 9.47 Å². The fourth-order valence-electron chi connectivity index (χ4n) is 1.34. The molecule has 0 aliphatic rings. The fraction of sp³-hybridized carbons (Fsp3) is 0.636. The van der Waals surface area contributed by atoms with Gasteiger partial charge in [0.25, 0.3) is 0 Å². The van der Waals surface area contributed by atoms with Gasteiger partial charge >= 0.3 is 0 Å². The minimum Gasteiger partial charge on any atom is -0.382 e. The van der Waals surface area contributed by atoms with Crippen molar-refractivity contribution in [2.45, 2.75) is 13.0 Å². The second-order valence-corrected chi connectivity index (χ2v) is 4.01. The van der Waals surface area contributed by atoms with Crippen molar-refractivity contribution >= 4 is 11.3 Å². The Morgan fingerprint density at radius 2 is 2.33 bits per heavy atom. The first-order valence-electron chi connectivity index (χ1n) is 5.20. The van der Waals surface area contributed by atoms with Crippen molar-refractivity contribution in [1.29, 1.82) is 0 Å². The van der Waals surface area contributed by atoms with Crippen LogP contribution in [-0.2, 0) is 9.47 Å². The Morgan fingerprint density at radius 3 is 2.93 bits per heavy atom. The Kier molecular flexibility index (Phi) is 6.59. The van der Waals surface area contributed by atoms with E-state index in [9.17, 15) is 0 Å². The van der Waals surface area contributed by atoms with Gasteiger partial charge in [-0.2, -0.15) is 11.3 Å². The van der Waals surface area contributed by atoms with E-state index in [2.05, 4.69) is 29.1 Å². The maximum absolute atomic E-state index is 5.53. The molecule has 1 atom stereocenters. The predicted octanol–water partition coefficient (Wildman–Crippen LogP) is 2.06. The van der Waals surface area contributed by atoms with Crippen molar-refractivity contribution in [3.05, 3.63) is 22.4 Å². The summed E-state index contributed by atoms with van der Waals surface area (Å²) in [7, 11) is 1.68. The summed E-state index contributed by atoms with van der Waals surface area (Å²) in [6, 6.07) is 2.44. The van der Waals surface area contributed by atoms with Gasteiger partial charge in [0, 0.05) is 7.11 Å². The molecule has 1 unspecified atom stereocenters. The summed E-state index contributed by atoms with van der Waals surface area (Å²) in [5, 5.41) is 7.65. The first kappa shape index (κ1) is 12.6. The van der Waals surface area contributed by atoms with Gasteiger partial charge in [0.2, 0.25) is 0 Å². The molecule has 0 saturated heterocycles. The lowest BCUT2D eigenvalue weighted by molar-refractivity contribution is 0.0588. The molecule has 0 aliphatic carbocycles. The lowest BCUT2D eigenvalue weighted by Gasteiger charge is -2.16. The number of hydrogen-bond donors (Lipinski definition) is 1. The summed E-state index contributed by atoms with van der Waals surface area (Å²) in [5.41, 5.74) is 1.30. The second-order valence-electron chi connectivity index (χ2n) is 3.23. The Bertz CT molecular complexity index is 239. The van der Waals surface area contributed by atoms with Crippen LogP contribution in [0.3, 0.4) is 0 Å². The van der Waals surface area contributed by atoms with E-state index in [1.165, 1.54) is 5.56 Å². The molecule has 0 spiro atoms. The first-order chi connectivity index (χ1) is 7.38. The van der Waals surface area contributed by atoms with Crippen LogP contribution in [0.15, 0.2) is 16.8 Å². The van der Waals surface area contributed by atoms with Crippen molar-refractivity contribution in [3.63, 3.8) is 0 Å². The van der Waals surface area contributed by atoms with Crippen molar-refractivity contribution in [2.24, 2.45) is 0 Å². The summed E-state index contributed by atoms with van der Waals surface area (Å²) in [6.07, 6.45) is 0. The lowest BCUT2D eigenvalue weighted by Crippen LogP contribution is -2.25. The van der Waals surface area contributed by atoms with Crippen molar-refractivity contribution in [1.82, 2.24) is 5.32 Å². The highest BCUT2D eigenvalue weighted by atomic mass is 32.1. The van der Waals surface area contributed by atoms with Gasteiger partial charge in [-0.05, 0) is 28.9 Å². The predicted molar refractivity (Wildman–Crippen MR) is 63.4 cm³/mol. The molecular weight excluding hydrogens is 210 g/mol. The van der Waals surface area contributed by atoms with Gasteiger partial charge in [-0.3, -0.25) is 0 Å². The second kappa shape index (κ2) is 7.82. The van der Waals surface area contributed by atoms with Crippen LogP contribution in [0, 0.1) is 0 Å². The number of thiophene rings is 1. The maximum atomic E-state index is 5.53. The van der Waals surface area contributed by atoms with E-state index in [0.717, 1.165) is 6.54 Å². The molecule has 4 heteroatoms. The van der Waals surface area contributed by atoms with Gasteiger partial charge in [0.15, 0.2) is 0 Å². The fourth-order valence-corrected chi connectivity index (χ4v) is 2.05. The molecule has 86 valence electrons. The maximum Gasteiger partial charge on any atom is 0.0701 e. The van der Waals surface area contributed by atoms with Crippen LogP contribution < -0.4 is 5.32 Å². The van der Waals surface area contributed by atoms with Crippen molar-refractivity contribution in [3.8, 4) is 0 Å². The number of likely N-dealkylation sites (N-methyl/N-ethyl adjacent to an activating group) is 1. The standard InChI is InChI=1S/C11H19NO2S/c1-3-12-11(8-14-6-5-13-2)10-4-7-15-9-10/h4,7,9,11-12H,3,5-6,8H2,1-2H3. The summed E-state index contributed by atoms with van der Waals surface area (Å²) >= 11 is 1.72. The molecule has 1 N–H and O–H groups in total. The molecule has 1 aromatic heterocycles. The lowest BCUT2D eigenvalue weighted by atomic mass is 10.1.